The van der Waals surface area contributed by atoms with Crippen molar-refractivity contribution in [3.63, 3.8) is 0 Å². The molecule has 0 N–H and O–H groups in total. The monoisotopic (exact) mass is 312 g/mol. The largest absolute Gasteiger partial charge is 1.00 e. The van der Waals surface area contributed by atoms with Gasteiger partial charge in [-0.15, -0.1) is 0 Å². The number of benzene rings is 1. The highest BCUT2D eigenvalue weighted by atomic mass is 35.5. The molecular formula is C18H30ClP. The number of hydrogen-bond donors (Lipinski definition) is 0. The minimum atomic E-state index is 0. The highest BCUT2D eigenvalue weighted by molar-refractivity contribution is 7.43. The van der Waals surface area contributed by atoms with Crippen LogP contribution in [0.15, 0.2) is 36.7 Å². The van der Waals surface area contributed by atoms with Crippen LogP contribution in [0.4, 0.5) is 0 Å². The van der Waals surface area contributed by atoms with Gasteiger partial charge in [0, 0.05) is 14.4 Å². The van der Waals surface area contributed by atoms with Crippen molar-refractivity contribution in [2.24, 2.45) is 0 Å². The van der Waals surface area contributed by atoms with Gasteiger partial charge in [-0.2, -0.15) is 0 Å². The summed E-state index contributed by atoms with van der Waals surface area (Å²) in [7, 11) is 0.283. The fraction of sp³-hybridized carbons (Fsp3) is 0.556. The van der Waals surface area contributed by atoms with Crippen molar-refractivity contribution in [3.05, 3.63) is 47.8 Å². The third-order valence-corrected chi connectivity index (χ3v) is 5.66. The summed E-state index contributed by atoms with van der Waals surface area (Å²) in [4.78, 5) is 0. The van der Waals surface area contributed by atoms with E-state index in [1.54, 1.807) is 11.1 Å². The molecule has 0 aliphatic rings. The van der Waals surface area contributed by atoms with Crippen LogP contribution >= 0.6 is 8.58 Å². The molecule has 1 aromatic carbocycles. The number of halogens is 1. The number of aryl methyl sites for hydroxylation is 1. The molecule has 1 atom stereocenters. The van der Waals surface area contributed by atoms with Crippen molar-refractivity contribution in [1.82, 2.24) is 0 Å². The minimum absolute atomic E-state index is 0. The summed E-state index contributed by atoms with van der Waals surface area (Å²) in [5, 5.41) is 0.400. The van der Waals surface area contributed by atoms with Crippen LogP contribution < -0.4 is 12.4 Å². The van der Waals surface area contributed by atoms with Gasteiger partial charge >= 0.3 is 0 Å². The van der Waals surface area contributed by atoms with Crippen LogP contribution in [-0.4, -0.2) is 0 Å². The van der Waals surface area contributed by atoms with Crippen molar-refractivity contribution in [3.8, 4) is 0 Å². The standard InChI is InChI=1S/C18H29P.ClH/c1-5-11-16-12-9-10-13-17(16)18(14-6-2,15-7-3)19-8-4;/h8-10,12-13,19H,4-7,11,14-15H2,1-3H3;1H. The Bertz CT molecular complexity index is 381. The Kier molecular flexibility index (Phi) is 10.2. The molecule has 114 valence electrons. The van der Waals surface area contributed by atoms with Gasteiger partial charge in [0.05, 0.1) is 0 Å². The van der Waals surface area contributed by atoms with Gasteiger partial charge in [-0.1, -0.05) is 70.9 Å². The van der Waals surface area contributed by atoms with E-state index in [4.69, 9.17) is 0 Å². The van der Waals surface area contributed by atoms with Crippen LogP contribution in [0.5, 0.6) is 0 Å². The Labute approximate surface area is 133 Å². The molecule has 2 heteroatoms. The van der Waals surface area contributed by atoms with Crippen molar-refractivity contribution in [1.29, 1.82) is 0 Å². The van der Waals surface area contributed by atoms with Crippen LogP contribution in [-0.2, 0) is 11.6 Å². The second-order valence-electron chi connectivity index (χ2n) is 5.47. The lowest BCUT2D eigenvalue weighted by molar-refractivity contribution is -0.00000412. The first-order chi connectivity index (χ1) is 9.24. The maximum absolute atomic E-state index is 4.05. The Morgan fingerprint density at radius 2 is 1.65 bits per heavy atom. The Balaban J connectivity index is 0.00000361. The summed E-state index contributed by atoms with van der Waals surface area (Å²) in [5.74, 6) is 2.20. The van der Waals surface area contributed by atoms with Crippen molar-refractivity contribution < 1.29 is 12.4 Å². The highest BCUT2D eigenvalue weighted by Gasteiger charge is 2.36. The second-order valence-corrected chi connectivity index (χ2v) is 7.38. The van der Waals surface area contributed by atoms with Gasteiger partial charge in [0.2, 0.25) is 0 Å². The zero-order chi connectivity index (χ0) is 14.1. The van der Waals surface area contributed by atoms with Gasteiger partial charge in [-0.3, -0.25) is 0 Å². The van der Waals surface area contributed by atoms with E-state index in [-0.39, 0.29) is 21.0 Å². The van der Waals surface area contributed by atoms with E-state index < -0.39 is 0 Å². The molecule has 0 spiro atoms. The average Bonchev–Trinajstić information content (AvgIpc) is 2.40. The third-order valence-electron chi connectivity index (χ3n) is 3.90. The first-order valence-electron chi connectivity index (χ1n) is 7.79. The molecule has 0 amide bonds. The number of rotatable bonds is 9. The van der Waals surface area contributed by atoms with E-state index in [9.17, 15) is 0 Å². The summed E-state index contributed by atoms with van der Waals surface area (Å²) in [6.07, 6.45) is 7.59. The van der Waals surface area contributed by atoms with E-state index in [1.807, 2.05) is 0 Å². The summed E-state index contributed by atoms with van der Waals surface area (Å²) in [6.45, 7) is 11.0. The number of hydrogen-bond acceptors (Lipinski definition) is 0. The SMILES string of the molecule is C=C[PH2+]C(CCC)(CCC)c1ccccc1CCC.[Cl-]. The molecule has 1 unspecified atom stereocenters. The molecule has 0 nitrogen and oxygen atoms in total. The van der Waals surface area contributed by atoms with Crippen LogP contribution in [0.25, 0.3) is 0 Å². The Hall–Kier alpha value is -0.320. The van der Waals surface area contributed by atoms with Crippen LogP contribution in [0.1, 0.15) is 64.0 Å². The predicted octanol–water partition coefficient (Wildman–Crippen LogP) is 2.99. The van der Waals surface area contributed by atoms with Gasteiger partial charge in [0.1, 0.15) is 5.16 Å². The molecule has 0 aliphatic carbocycles. The lowest BCUT2D eigenvalue weighted by atomic mass is 9.85. The molecule has 0 heterocycles. The fourth-order valence-electron chi connectivity index (χ4n) is 3.26. The van der Waals surface area contributed by atoms with E-state index in [0.717, 1.165) is 0 Å². The second kappa shape index (κ2) is 10.4. The van der Waals surface area contributed by atoms with Crippen molar-refractivity contribution in [2.75, 3.05) is 0 Å². The summed E-state index contributed by atoms with van der Waals surface area (Å²) in [5.41, 5.74) is 3.19. The summed E-state index contributed by atoms with van der Waals surface area (Å²) < 4.78 is 0. The molecule has 0 bridgehead atoms. The van der Waals surface area contributed by atoms with Gasteiger partial charge in [-0.25, -0.2) is 0 Å². The molecule has 0 saturated heterocycles. The average molecular weight is 313 g/mol. The molecular weight excluding hydrogens is 283 g/mol. The predicted molar refractivity (Wildman–Crippen MR) is 91.8 cm³/mol. The summed E-state index contributed by atoms with van der Waals surface area (Å²) >= 11 is 0. The van der Waals surface area contributed by atoms with Crippen LogP contribution in [0.3, 0.4) is 0 Å². The van der Waals surface area contributed by atoms with Gasteiger partial charge in [0.15, 0.2) is 0 Å². The summed E-state index contributed by atoms with van der Waals surface area (Å²) in [6, 6.07) is 9.13. The first kappa shape index (κ1) is 19.7. The van der Waals surface area contributed by atoms with Crippen molar-refractivity contribution >= 4 is 8.58 Å². The maximum Gasteiger partial charge on any atom is 0.104 e. The van der Waals surface area contributed by atoms with Gasteiger partial charge < -0.3 is 12.4 Å². The fourth-order valence-corrected chi connectivity index (χ4v) is 5.09. The lowest BCUT2D eigenvalue weighted by Crippen LogP contribution is -3.00. The van der Waals surface area contributed by atoms with E-state index in [1.165, 1.54) is 38.5 Å². The molecule has 0 saturated carbocycles. The maximum atomic E-state index is 4.05. The quantitative estimate of drug-likeness (QED) is 0.615. The smallest absolute Gasteiger partial charge is 0.104 e. The van der Waals surface area contributed by atoms with E-state index in [2.05, 4.69) is 57.4 Å². The van der Waals surface area contributed by atoms with Crippen LogP contribution in [0.2, 0.25) is 0 Å². The molecule has 0 radical (unpaired) electrons. The topological polar surface area (TPSA) is 0 Å². The normalized spacial score (nSPS) is 11.6. The zero-order valence-corrected chi connectivity index (χ0v) is 15.2. The van der Waals surface area contributed by atoms with Crippen molar-refractivity contribution in [2.45, 2.75) is 64.5 Å². The minimum Gasteiger partial charge on any atom is -1.00 e. The molecule has 0 aliphatic heterocycles. The first-order valence-corrected chi connectivity index (χ1v) is 9.03. The van der Waals surface area contributed by atoms with E-state index in [0.29, 0.717) is 5.16 Å². The lowest BCUT2D eigenvalue weighted by Gasteiger charge is -2.30. The Morgan fingerprint density at radius 3 is 2.15 bits per heavy atom. The van der Waals surface area contributed by atoms with Crippen LogP contribution in [0, 0.1) is 0 Å². The molecule has 20 heavy (non-hydrogen) atoms. The Morgan fingerprint density at radius 1 is 1.05 bits per heavy atom. The van der Waals surface area contributed by atoms with Gasteiger partial charge in [0.25, 0.3) is 0 Å². The zero-order valence-electron chi connectivity index (χ0n) is 13.3. The van der Waals surface area contributed by atoms with E-state index >= 15 is 0 Å². The third kappa shape index (κ3) is 4.90. The molecule has 0 aromatic heterocycles. The molecule has 1 aromatic rings. The highest BCUT2D eigenvalue weighted by Crippen LogP contribution is 2.50. The molecule has 1 rings (SSSR count). The van der Waals surface area contributed by atoms with Gasteiger partial charge in [-0.05, 0) is 30.4 Å². The molecule has 0 fully saturated rings.